The number of hydrogen-bond acceptors (Lipinski definition) is 5. The van der Waals surface area contributed by atoms with E-state index in [2.05, 4.69) is 0 Å². The quantitative estimate of drug-likeness (QED) is 0.740. The third kappa shape index (κ3) is 3.16. The van der Waals surface area contributed by atoms with Gasteiger partial charge in [0.25, 0.3) is 5.56 Å². The van der Waals surface area contributed by atoms with E-state index >= 15 is 0 Å². The monoisotopic (exact) mass is 343 g/mol. The molecule has 1 heterocycles. The summed E-state index contributed by atoms with van der Waals surface area (Å²) in [6.07, 6.45) is 0. The third-order valence-electron chi connectivity index (χ3n) is 3.58. The lowest BCUT2D eigenvalue weighted by molar-refractivity contribution is -0.132. The Bertz CT molecular complexity index is 1040. The molecular weight excluding hydrogens is 329 g/mol. The van der Waals surface area contributed by atoms with Crippen LogP contribution in [0.1, 0.15) is 6.92 Å². The van der Waals surface area contributed by atoms with Crippen molar-refractivity contribution in [2.45, 2.75) is 6.92 Å². The molecule has 2 aromatic carbocycles. The number of pyridine rings is 1. The van der Waals surface area contributed by atoms with Crippen molar-refractivity contribution in [3.8, 4) is 23.0 Å². The van der Waals surface area contributed by atoms with Gasteiger partial charge in [-0.05, 0) is 24.3 Å². The Kier molecular flexibility index (Phi) is 4.14. The second-order valence-corrected chi connectivity index (χ2v) is 5.37. The fourth-order valence-electron chi connectivity index (χ4n) is 2.44. The van der Waals surface area contributed by atoms with Crippen LogP contribution < -0.4 is 15.0 Å². The Balaban J connectivity index is 2.10. The standard InChI is InChI=1S/C18H14FNO5/c1-10(21)24-17-16(22)14-7-6-13(9-15(14)20(2)18(17)23)25-12-5-3-4-11(19)8-12/h3-9,22H,1-2H3. The van der Waals surface area contributed by atoms with Crippen molar-refractivity contribution in [3.05, 3.63) is 58.6 Å². The van der Waals surface area contributed by atoms with Crippen LogP contribution in [0.15, 0.2) is 47.3 Å². The first-order valence-electron chi connectivity index (χ1n) is 7.34. The fourth-order valence-corrected chi connectivity index (χ4v) is 2.44. The molecule has 0 fully saturated rings. The predicted molar refractivity (Wildman–Crippen MR) is 88.6 cm³/mol. The van der Waals surface area contributed by atoms with Gasteiger partial charge in [0.15, 0.2) is 5.75 Å². The molecule has 1 aromatic heterocycles. The molecule has 0 atom stereocenters. The van der Waals surface area contributed by atoms with Gasteiger partial charge in [-0.15, -0.1) is 0 Å². The van der Waals surface area contributed by atoms with Gasteiger partial charge < -0.3 is 19.1 Å². The van der Waals surface area contributed by atoms with Crippen molar-refractivity contribution in [2.75, 3.05) is 0 Å². The highest BCUT2D eigenvalue weighted by Crippen LogP contribution is 2.34. The normalized spacial score (nSPS) is 10.7. The average molecular weight is 343 g/mol. The van der Waals surface area contributed by atoms with Gasteiger partial charge in [0.1, 0.15) is 17.3 Å². The van der Waals surface area contributed by atoms with Crippen LogP contribution in [0.3, 0.4) is 0 Å². The molecule has 128 valence electrons. The van der Waals surface area contributed by atoms with E-state index in [4.69, 9.17) is 9.47 Å². The molecule has 6 nitrogen and oxygen atoms in total. The summed E-state index contributed by atoms with van der Waals surface area (Å²) in [7, 11) is 1.48. The van der Waals surface area contributed by atoms with Gasteiger partial charge in [-0.2, -0.15) is 0 Å². The fraction of sp³-hybridized carbons (Fsp3) is 0.111. The highest BCUT2D eigenvalue weighted by Gasteiger charge is 2.18. The van der Waals surface area contributed by atoms with Gasteiger partial charge >= 0.3 is 5.97 Å². The zero-order valence-corrected chi connectivity index (χ0v) is 13.4. The lowest BCUT2D eigenvalue weighted by atomic mass is 10.1. The highest BCUT2D eigenvalue weighted by atomic mass is 19.1. The third-order valence-corrected chi connectivity index (χ3v) is 3.58. The first kappa shape index (κ1) is 16.5. The molecule has 0 saturated heterocycles. The highest BCUT2D eigenvalue weighted by molar-refractivity contribution is 5.89. The minimum Gasteiger partial charge on any atom is -0.504 e. The van der Waals surface area contributed by atoms with E-state index in [0.29, 0.717) is 22.4 Å². The maximum absolute atomic E-state index is 13.2. The van der Waals surface area contributed by atoms with Crippen LogP contribution in [0.25, 0.3) is 10.9 Å². The van der Waals surface area contributed by atoms with Crippen molar-refractivity contribution >= 4 is 16.9 Å². The molecule has 7 heteroatoms. The molecule has 0 amide bonds. The number of fused-ring (bicyclic) bond motifs is 1. The topological polar surface area (TPSA) is 77.8 Å². The summed E-state index contributed by atoms with van der Waals surface area (Å²) in [5, 5.41) is 10.5. The Labute approximate surface area is 141 Å². The number of aryl methyl sites for hydroxylation is 1. The zero-order valence-electron chi connectivity index (χ0n) is 13.4. The number of rotatable bonds is 3. The number of aromatic hydroxyl groups is 1. The Morgan fingerprint density at radius 2 is 1.88 bits per heavy atom. The van der Waals surface area contributed by atoms with Crippen molar-refractivity contribution in [2.24, 2.45) is 7.05 Å². The predicted octanol–water partition coefficient (Wildman–Crippen LogP) is 3.10. The average Bonchev–Trinajstić information content (AvgIpc) is 2.56. The van der Waals surface area contributed by atoms with E-state index in [1.165, 1.54) is 41.9 Å². The first-order valence-corrected chi connectivity index (χ1v) is 7.34. The van der Waals surface area contributed by atoms with E-state index in [1.807, 2.05) is 0 Å². The molecule has 0 saturated carbocycles. The van der Waals surface area contributed by atoms with E-state index in [9.17, 15) is 19.1 Å². The number of benzene rings is 2. The first-order chi connectivity index (χ1) is 11.9. The second-order valence-electron chi connectivity index (χ2n) is 5.37. The number of nitrogens with zero attached hydrogens (tertiary/aromatic N) is 1. The van der Waals surface area contributed by atoms with Crippen molar-refractivity contribution in [1.29, 1.82) is 0 Å². The largest absolute Gasteiger partial charge is 0.504 e. The summed E-state index contributed by atoms with van der Waals surface area (Å²) in [5.74, 6) is -1.35. The van der Waals surface area contributed by atoms with Crippen LogP contribution in [0.4, 0.5) is 4.39 Å². The van der Waals surface area contributed by atoms with Crippen LogP contribution in [0.2, 0.25) is 0 Å². The number of halogens is 1. The number of aromatic nitrogens is 1. The number of ether oxygens (including phenoxy) is 2. The van der Waals surface area contributed by atoms with Gasteiger partial charge in [0.05, 0.1) is 5.52 Å². The van der Waals surface area contributed by atoms with Crippen molar-refractivity contribution in [1.82, 2.24) is 4.57 Å². The maximum atomic E-state index is 13.2. The Hall–Kier alpha value is -3.35. The van der Waals surface area contributed by atoms with E-state index in [1.54, 1.807) is 12.1 Å². The van der Waals surface area contributed by atoms with Crippen LogP contribution in [-0.2, 0) is 11.8 Å². The molecular formula is C18H14FNO5. The van der Waals surface area contributed by atoms with Crippen LogP contribution in [0, 0.1) is 5.82 Å². The number of hydrogen-bond donors (Lipinski definition) is 1. The summed E-state index contributed by atoms with van der Waals surface area (Å²) in [5.41, 5.74) is -0.296. The van der Waals surface area contributed by atoms with Gasteiger partial charge in [-0.25, -0.2) is 4.39 Å². The minimum absolute atomic E-state index is 0.296. The minimum atomic E-state index is -0.710. The summed E-state index contributed by atoms with van der Waals surface area (Å²) in [4.78, 5) is 23.4. The van der Waals surface area contributed by atoms with E-state index in [-0.39, 0.29) is 0 Å². The van der Waals surface area contributed by atoms with E-state index < -0.39 is 28.8 Å². The number of esters is 1. The SMILES string of the molecule is CC(=O)Oc1c(O)c2ccc(Oc3cccc(F)c3)cc2n(C)c1=O. The van der Waals surface area contributed by atoms with E-state index in [0.717, 1.165) is 6.92 Å². The molecule has 0 unspecified atom stereocenters. The number of carbonyl (C=O) groups excluding carboxylic acids is 1. The van der Waals surface area contributed by atoms with Crippen LogP contribution >= 0.6 is 0 Å². The van der Waals surface area contributed by atoms with Crippen molar-refractivity contribution < 1.29 is 23.8 Å². The molecule has 0 aliphatic carbocycles. The summed E-state index contributed by atoms with van der Waals surface area (Å²) >= 11 is 0. The van der Waals surface area contributed by atoms with Crippen molar-refractivity contribution in [3.63, 3.8) is 0 Å². The summed E-state index contributed by atoms with van der Waals surface area (Å²) < 4.78 is 24.9. The lowest BCUT2D eigenvalue weighted by Crippen LogP contribution is -2.21. The molecule has 1 N–H and O–H groups in total. The molecule has 25 heavy (non-hydrogen) atoms. The molecule has 0 bridgehead atoms. The Morgan fingerprint density at radius 1 is 1.16 bits per heavy atom. The molecule has 0 spiro atoms. The summed E-state index contributed by atoms with van der Waals surface area (Å²) in [6, 6.07) is 10.2. The zero-order chi connectivity index (χ0) is 18.1. The Morgan fingerprint density at radius 3 is 2.56 bits per heavy atom. The van der Waals surface area contributed by atoms with Gasteiger partial charge in [0.2, 0.25) is 5.75 Å². The smallest absolute Gasteiger partial charge is 0.308 e. The molecule has 0 aliphatic heterocycles. The molecule has 3 aromatic rings. The molecule has 3 rings (SSSR count). The summed E-state index contributed by atoms with van der Waals surface area (Å²) in [6.45, 7) is 1.14. The molecule has 0 radical (unpaired) electrons. The van der Waals surface area contributed by atoms with Gasteiger partial charge in [0, 0.05) is 31.5 Å². The van der Waals surface area contributed by atoms with Crippen LogP contribution in [0.5, 0.6) is 23.0 Å². The second kappa shape index (κ2) is 6.27. The number of carbonyl (C=O) groups is 1. The van der Waals surface area contributed by atoms with Crippen LogP contribution in [-0.4, -0.2) is 15.6 Å². The molecule has 0 aliphatic rings. The van der Waals surface area contributed by atoms with Gasteiger partial charge in [-0.3, -0.25) is 9.59 Å². The maximum Gasteiger partial charge on any atom is 0.308 e. The van der Waals surface area contributed by atoms with Gasteiger partial charge in [-0.1, -0.05) is 6.07 Å². The lowest BCUT2D eigenvalue weighted by Gasteiger charge is -2.13.